The third kappa shape index (κ3) is 25.7. The number of rotatable bonds is 2. The molecule has 0 atom stereocenters. The highest BCUT2D eigenvalue weighted by Crippen LogP contribution is 2.04. The first kappa shape index (κ1) is 13.5. The molecule has 0 aromatic carbocycles. The van der Waals surface area contributed by atoms with Crippen LogP contribution in [0.15, 0.2) is 0 Å². The van der Waals surface area contributed by atoms with Gasteiger partial charge in [0.1, 0.15) is 0 Å². The zero-order valence-corrected chi connectivity index (χ0v) is 9.03. The summed E-state index contributed by atoms with van der Waals surface area (Å²) in [7, 11) is 0. The first-order chi connectivity index (χ1) is 4.97. The summed E-state index contributed by atoms with van der Waals surface area (Å²) in [6.07, 6.45) is 2.64. The fraction of sp³-hybridized carbons (Fsp3) is 1.00. The molecule has 0 aliphatic heterocycles. The van der Waals surface area contributed by atoms with Gasteiger partial charge in [0.15, 0.2) is 0 Å². The zero-order valence-electron chi connectivity index (χ0n) is 9.03. The Bertz CT molecular complexity index is 59.8. The Morgan fingerprint density at radius 2 is 1.27 bits per heavy atom. The van der Waals surface area contributed by atoms with Gasteiger partial charge in [-0.2, -0.15) is 0 Å². The highest BCUT2D eigenvalue weighted by Gasteiger charge is 2.06. The molecule has 1 nitrogen and oxygen atoms in total. The van der Waals surface area contributed by atoms with Gasteiger partial charge in [-0.15, -0.1) is 0 Å². The van der Waals surface area contributed by atoms with Gasteiger partial charge in [0.25, 0.3) is 0 Å². The minimum absolute atomic E-state index is 0.0503. The average Bonchev–Trinajstić information content (AvgIpc) is 1.86. The van der Waals surface area contributed by atoms with E-state index in [1.54, 1.807) is 0 Å². The lowest BCUT2D eigenvalue weighted by molar-refractivity contribution is 0.00532. The van der Waals surface area contributed by atoms with Crippen LogP contribution in [0, 0.1) is 0 Å². The summed E-state index contributed by atoms with van der Waals surface area (Å²) in [5.74, 6) is 0. The van der Waals surface area contributed by atoms with E-state index in [1.807, 2.05) is 6.92 Å². The standard InChI is InChI=1S/C6H14O.C4H10/c1-5-7-6(2,3)4;1-3-4-2/h5H2,1-4H3;3-4H2,1-2H3. The first-order valence-electron chi connectivity index (χ1n) is 4.61. The smallest absolute Gasteiger partial charge is 0.0598 e. The van der Waals surface area contributed by atoms with Gasteiger partial charge in [-0.3, -0.25) is 0 Å². The quantitative estimate of drug-likeness (QED) is 0.599. The SMILES string of the molecule is CCCC.CCOC(C)(C)C. The molecule has 0 radical (unpaired) electrons. The van der Waals surface area contributed by atoms with E-state index in [1.165, 1.54) is 12.8 Å². The van der Waals surface area contributed by atoms with Crippen LogP contribution in [-0.2, 0) is 4.74 Å². The fourth-order valence-electron chi connectivity index (χ4n) is 0.433. The zero-order chi connectivity index (χ0) is 9.33. The van der Waals surface area contributed by atoms with Crippen molar-refractivity contribution in [1.29, 1.82) is 0 Å². The van der Waals surface area contributed by atoms with Crippen molar-refractivity contribution in [3.63, 3.8) is 0 Å². The first-order valence-corrected chi connectivity index (χ1v) is 4.61. The molecule has 0 rings (SSSR count). The predicted molar refractivity (Wildman–Crippen MR) is 52.0 cm³/mol. The molecule has 0 unspecified atom stereocenters. The summed E-state index contributed by atoms with van der Waals surface area (Å²) in [6, 6.07) is 0. The number of hydrogen-bond donors (Lipinski definition) is 0. The molecule has 0 aliphatic rings. The van der Waals surface area contributed by atoms with Gasteiger partial charge in [0.2, 0.25) is 0 Å². The molecule has 0 heterocycles. The number of unbranched alkanes of at least 4 members (excludes halogenated alkanes) is 1. The summed E-state index contributed by atoms with van der Waals surface area (Å²) in [5.41, 5.74) is 0.0503. The van der Waals surface area contributed by atoms with E-state index < -0.39 is 0 Å². The molecule has 0 spiro atoms. The van der Waals surface area contributed by atoms with E-state index >= 15 is 0 Å². The predicted octanol–water partition coefficient (Wildman–Crippen LogP) is 3.63. The Morgan fingerprint density at radius 3 is 1.27 bits per heavy atom. The number of hydrogen-bond acceptors (Lipinski definition) is 1. The largest absolute Gasteiger partial charge is 0.376 e. The van der Waals surface area contributed by atoms with Gasteiger partial charge in [-0.1, -0.05) is 26.7 Å². The average molecular weight is 160 g/mol. The van der Waals surface area contributed by atoms with Crippen LogP contribution in [0.2, 0.25) is 0 Å². The van der Waals surface area contributed by atoms with E-state index in [-0.39, 0.29) is 5.60 Å². The van der Waals surface area contributed by atoms with Crippen molar-refractivity contribution in [3.05, 3.63) is 0 Å². The molecule has 0 N–H and O–H groups in total. The van der Waals surface area contributed by atoms with E-state index in [9.17, 15) is 0 Å². The lowest BCUT2D eigenvalue weighted by Gasteiger charge is -2.17. The van der Waals surface area contributed by atoms with Crippen LogP contribution in [0.5, 0.6) is 0 Å². The fourth-order valence-corrected chi connectivity index (χ4v) is 0.433. The Balaban J connectivity index is 0. The lowest BCUT2D eigenvalue weighted by atomic mass is 10.2. The second-order valence-corrected chi connectivity index (χ2v) is 3.55. The molecule has 0 amide bonds. The highest BCUT2D eigenvalue weighted by atomic mass is 16.5. The Labute approximate surface area is 72.1 Å². The molecular formula is C10H24O. The lowest BCUT2D eigenvalue weighted by Crippen LogP contribution is -2.18. The Kier molecular flexibility index (Phi) is 9.92. The summed E-state index contributed by atoms with van der Waals surface area (Å²) in [4.78, 5) is 0. The van der Waals surface area contributed by atoms with Crippen molar-refractivity contribution in [1.82, 2.24) is 0 Å². The van der Waals surface area contributed by atoms with Crippen LogP contribution in [0.3, 0.4) is 0 Å². The van der Waals surface area contributed by atoms with Gasteiger partial charge in [-0.05, 0) is 27.7 Å². The van der Waals surface area contributed by atoms with Crippen LogP contribution in [0.25, 0.3) is 0 Å². The summed E-state index contributed by atoms with van der Waals surface area (Å²) in [6.45, 7) is 13.3. The molecule has 0 bridgehead atoms. The van der Waals surface area contributed by atoms with Gasteiger partial charge >= 0.3 is 0 Å². The highest BCUT2D eigenvalue weighted by molar-refractivity contribution is 4.56. The Hall–Kier alpha value is -0.0400. The maximum Gasteiger partial charge on any atom is 0.0598 e. The summed E-state index contributed by atoms with van der Waals surface area (Å²) < 4.78 is 5.23. The van der Waals surface area contributed by atoms with Crippen molar-refractivity contribution in [2.24, 2.45) is 0 Å². The van der Waals surface area contributed by atoms with Gasteiger partial charge in [-0.25, -0.2) is 0 Å². The van der Waals surface area contributed by atoms with E-state index in [4.69, 9.17) is 4.74 Å². The van der Waals surface area contributed by atoms with E-state index in [0.29, 0.717) is 0 Å². The third-order valence-electron chi connectivity index (χ3n) is 1.08. The van der Waals surface area contributed by atoms with Crippen molar-refractivity contribution in [2.75, 3.05) is 6.61 Å². The molecule has 0 saturated carbocycles. The Morgan fingerprint density at radius 1 is 0.909 bits per heavy atom. The molecule has 11 heavy (non-hydrogen) atoms. The maximum atomic E-state index is 5.23. The second-order valence-electron chi connectivity index (χ2n) is 3.55. The van der Waals surface area contributed by atoms with Crippen LogP contribution < -0.4 is 0 Å². The van der Waals surface area contributed by atoms with Gasteiger partial charge in [0, 0.05) is 6.61 Å². The second kappa shape index (κ2) is 8.06. The van der Waals surface area contributed by atoms with Crippen molar-refractivity contribution < 1.29 is 4.74 Å². The molecule has 0 saturated heterocycles. The van der Waals surface area contributed by atoms with Crippen molar-refractivity contribution in [3.8, 4) is 0 Å². The summed E-state index contributed by atoms with van der Waals surface area (Å²) in [5, 5.41) is 0. The van der Waals surface area contributed by atoms with Crippen LogP contribution >= 0.6 is 0 Å². The van der Waals surface area contributed by atoms with Crippen LogP contribution in [0.1, 0.15) is 54.4 Å². The maximum absolute atomic E-state index is 5.23. The van der Waals surface area contributed by atoms with Crippen LogP contribution in [0.4, 0.5) is 0 Å². The van der Waals surface area contributed by atoms with E-state index in [2.05, 4.69) is 34.6 Å². The normalized spacial score (nSPS) is 10.4. The van der Waals surface area contributed by atoms with E-state index in [0.717, 1.165) is 6.61 Å². The molecule has 70 valence electrons. The molecule has 0 aromatic heterocycles. The molecule has 1 heteroatoms. The molecule has 0 fully saturated rings. The minimum atomic E-state index is 0.0503. The van der Waals surface area contributed by atoms with Crippen molar-refractivity contribution in [2.45, 2.75) is 60.0 Å². The number of ether oxygens (including phenoxy) is 1. The van der Waals surface area contributed by atoms with Gasteiger partial charge in [0.05, 0.1) is 5.60 Å². The van der Waals surface area contributed by atoms with Crippen molar-refractivity contribution >= 4 is 0 Å². The summed E-state index contributed by atoms with van der Waals surface area (Å²) >= 11 is 0. The van der Waals surface area contributed by atoms with Crippen LogP contribution in [-0.4, -0.2) is 12.2 Å². The monoisotopic (exact) mass is 160 g/mol. The topological polar surface area (TPSA) is 9.23 Å². The minimum Gasteiger partial charge on any atom is -0.376 e. The molecule has 0 aromatic rings. The third-order valence-corrected chi connectivity index (χ3v) is 1.08. The molecular weight excluding hydrogens is 136 g/mol. The molecule has 0 aliphatic carbocycles. The van der Waals surface area contributed by atoms with Gasteiger partial charge < -0.3 is 4.74 Å².